The predicted molar refractivity (Wildman–Crippen MR) is 102 cm³/mol. The summed E-state index contributed by atoms with van der Waals surface area (Å²) in [6.07, 6.45) is 0. The fourth-order valence-electron chi connectivity index (χ4n) is 2.60. The second-order valence-electron chi connectivity index (χ2n) is 5.73. The van der Waals surface area contributed by atoms with E-state index in [1.165, 1.54) is 12.1 Å². The van der Waals surface area contributed by atoms with Gasteiger partial charge in [-0.05, 0) is 18.2 Å². The molecule has 0 spiro atoms. The van der Waals surface area contributed by atoms with Crippen molar-refractivity contribution < 1.29 is 19.0 Å². The van der Waals surface area contributed by atoms with Crippen LogP contribution in [0.1, 0.15) is 10.5 Å². The van der Waals surface area contributed by atoms with E-state index in [0.717, 1.165) is 0 Å². The highest BCUT2D eigenvalue weighted by molar-refractivity contribution is 5.93. The molecule has 1 heterocycles. The highest BCUT2D eigenvalue weighted by Crippen LogP contribution is 2.29. The van der Waals surface area contributed by atoms with E-state index in [4.69, 9.17) is 9.26 Å². The average Bonchev–Trinajstić information content (AvgIpc) is 3.21. The fourth-order valence-corrected chi connectivity index (χ4v) is 2.60. The molecule has 0 fully saturated rings. The summed E-state index contributed by atoms with van der Waals surface area (Å²) in [6, 6.07) is 15.1. The number of nitrogens with one attached hydrogen (secondary N) is 2. The number of rotatable bonds is 8. The Morgan fingerprint density at radius 1 is 1.18 bits per heavy atom. The number of nitro benzene ring substituents is 1. The number of methoxy groups -OCH3 is 1. The molecule has 0 aliphatic carbocycles. The van der Waals surface area contributed by atoms with Gasteiger partial charge in [-0.15, -0.1) is 0 Å². The van der Waals surface area contributed by atoms with Gasteiger partial charge in [0.1, 0.15) is 11.4 Å². The van der Waals surface area contributed by atoms with E-state index in [2.05, 4.69) is 15.8 Å². The summed E-state index contributed by atoms with van der Waals surface area (Å²) in [4.78, 5) is 22.7. The van der Waals surface area contributed by atoms with Gasteiger partial charge >= 0.3 is 0 Å². The average molecular weight is 382 g/mol. The van der Waals surface area contributed by atoms with E-state index < -0.39 is 10.8 Å². The largest absolute Gasteiger partial charge is 0.496 e. The lowest BCUT2D eigenvalue weighted by molar-refractivity contribution is -0.384. The number of carbonyl (C=O) groups is 1. The minimum atomic E-state index is -0.463. The zero-order chi connectivity index (χ0) is 19.9. The quantitative estimate of drug-likeness (QED) is 0.349. The Morgan fingerprint density at radius 2 is 1.93 bits per heavy atom. The number of carbonyl (C=O) groups excluding carboxylic acids is 1. The molecule has 0 saturated heterocycles. The number of amides is 1. The van der Waals surface area contributed by atoms with Gasteiger partial charge in [0.2, 0.25) is 0 Å². The third kappa shape index (κ3) is 4.26. The van der Waals surface area contributed by atoms with Gasteiger partial charge in [0, 0.05) is 25.2 Å². The summed E-state index contributed by atoms with van der Waals surface area (Å²) in [7, 11) is 1.55. The molecule has 0 aliphatic heterocycles. The van der Waals surface area contributed by atoms with Gasteiger partial charge < -0.3 is 19.9 Å². The molecule has 2 N–H and O–H groups in total. The Hall–Kier alpha value is -3.88. The van der Waals surface area contributed by atoms with Gasteiger partial charge in [-0.1, -0.05) is 29.4 Å². The molecule has 3 rings (SSSR count). The van der Waals surface area contributed by atoms with Crippen LogP contribution in [0, 0.1) is 10.1 Å². The number of nitrogens with zero attached hydrogens (tertiary/aromatic N) is 2. The van der Waals surface area contributed by atoms with E-state index in [0.29, 0.717) is 29.3 Å². The van der Waals surface area contributed by atoms with Crippen LogP contribution in [-0.2, 0) is 0 Å². The van der Waals surface area contributed by atoms with E-state index in [9.17, 15) is 14.9 Å². The standard InChI is InChI=1S/C19H18N4O5/c1-27-17-9-5-2-6-13(17)18-12-15(22-28-18)19(24)21-11-10-20-14-7-3-4-8-16(14)23(25)26/h2-9,12,20H,10-11H2,1H3,(H,21,24). The molecule has 0 aliphatic rings. The lowest BCUT2D eigenvalue weighted by Crippen LogP contribution is -2.29. The normalized spacial score (nSPS) is 10.3. The SMILES string of the molecule is COc1ccccc1-c1cc(C(=O)NCCNc2ccccc2[N+](=O)[O-])no1. The number of hydrogen-bond acceptors (Lipinski definition) is 7. The summed E-state index contributed by atoms with van der Waals surface area (Å²) in [5, 5.41) is 20.4. The molecule has 0 atom stereocenters. The summed E-state index contributed by atoms with van der Waals surface area (Å²) in [5.74, 6) is 0.620. The van der Waals surface area contributed by atoms with Crippen molar-refractivity contribution in [3.63, 3.8) is 0 Å². The van der Waals surface area contributed by atoms with Crippen molar-refractivity contribution in [2.24, 2.45) is 0 Å². The van der Waals surface area contributed by atoms with Crippen LogP contribution in [-0.4, -0.2) is 36.2 Å². The number of ether oxygens (including phenoxy) is 1. The van der Waals surface area contributed by atoms with Gasteiger partial charge in [-0.3, -0.25) is 14.9 Å². The first-order valence-corrected chi connectivity index (χ1v) is 8.45. The van der Waals surface area contributed by atoms with Crippen LogP contribution in [0.4, 0.5) is 11.4 Å². The Labute approximate surface area is 160 Å². The van der Waals surface area contributed by atoms with Crippen molar-refractivity contribution in [2.45, 2.75) is 0 Å². The van der Waals surface area contributed by atoms with Crippen LogP contribution >= 0.6 is 0 Å². The van der Waals surface area contributed by atoms with Crippen LogP contribution in [0.2, 0.25) is 0 Å². The zero-order valence-corrected chi connectivity index (χ0v) is 15.0. The molecule has 0 unspecified atom stereocenters. The summed E-state index contributed by atoms with van der Waals surface area (Å²) >= 11 is 0. The molecule has 2 aromatic carbocycles. The molecule has 3 aromatic rings. The highest BCUT2D eigenvalue weighted by Gasteiger charge is 2.16. The molecule has 9 heteroatoms. The Kier molecular flexibility index (Phi) is 5.85. The molecule has 0 bridgehead atoms. The summed E-state index contributed by atoms with van der Waals surface area (Å²) < 4.78 is 10.5. The first kappa shape index (κ1) is 18.9. The van der Waals surface area contributed by atoms with Crippen LogP contribution < -0.4 is 15.4 Å². The monoisotopic (exact) mass is 382 g/mol. The third-order valence-corrected chi connectivity index (χ3v) is 3.94. The fraction of sp³-hybridized carbons (Fsp3) is 0.158. The second-order valence-corrected chi connectivity index (χ2v) is 5.73. The molecule has 28 heavy (non-hydrogen) atoms. The van der Waals surface area contributed by atoms with E-state index in [1.54, 1.807) is 37.4 Å². The molecule has 0 radical (unpaired) electrons. The molecule has 9 nitrogen and oxygen atoms in total. The molecule has 1 aromatic heterocycles. The van der Waals surface area contributed by atoms with E-state index in [1.807, 2.05) is 12.1 Å². The Morgan fingerprint density at radius 3 is 2.71 bits per heavy atom. The third-order valence-electron chi connectivity index (χ3n) is 3.94. The van der Waals surface area contributed by atoms with Gasteiger partial charge in [0.15, 0.2) is 11.5 Å². The van der Waals surface area contributed by atoms with Crippen molar-refractivity contribution in [1.29, 1.82) is 0 Å². The molecular formula is C19H18N4O5. The van der Waals surface area contributed by atoms with E-state index in [-0.39, 0.29) is 17.9 Å². The predicted octanol–water partition coefficient (Wildman–Crippen LogP) is 3.10. The number of benzene rings is 2. The second kappa shape index (κ2) is 8.67. The molecule has 144 valence electrons. The van der Waals surface area contributed by atoms with Crippen LogP contribution in [0.3, 0.4) is 0 Å². The lowest BCUT2D eigenvalue weighted by Gasteiger charge is -2.07. The summed E-state index contributed by atoms with van der Waals surface area (Å²) in [5.41, 5.74) is 1.19. The number of nitro groups is 1. The van der Waals surface area contributed by atoms with Crippen molar-refractivity contribution in [3.05, 3.63) is 70.4 Å². The van der Waals surface area contributed by atoms with Gasteiger partial charge in [-0.25, -0.2) is 0 Å². The number of hydrogen-bond donors (Lipinski definition) is 2. The maximum absolute atomic E-state index is 12.2. The van der Waals surface area contributed by atoms with Crippen LogP contribution in [0.5, 0.6) is 5.75 Å². The minimum absolute atomic E-state index is 0.0215. The number of para-hydroxylation sites is 3. The molecule has 1 amide bonds. The highest BCUT2D eigenvalue weighted by atomic mass is 16.6. The first-order valence-electron chi connectivity index (χ1n) is 8.45. The first-order chi connectivity index (χ1) is 13.6. The Bertz CT molecular complexity index is 986. The number of anilines is 1. The van der Waals surface area contributed by atoms with Gasteiger partial charge in [-0.2, -0.15) is 0 Å². The molecular weight excluding hydrogens is 364 g/mol. The van der Waals surface area contributed by atoms with E-state index >= 15 is 0 Å². The maximum Gasteiger partial charge on any atom is 0.292 e. The summed E-state index contributed by atoms with van der Waals surface area (Å²) in [6.45, 7) is 0.565. The molecule has 0 saturated carbocycles. The maximum atomic E-state index is 12.2. The van der Waals surface area contributed by atoms with Crippen LogP contribution in [0.25, 0.3) is 11.3 Å². The number of aromatic nitrogens is 1. The smallest absolute Gasteiger partial charge is 0.292 e. The zero-order valence-electron chi connectivity index (χ0n) is 15.0. The van der Waals surface area contributed by atoms with Gasteiger partial charge in [0.05, 0.1) is 17.6 Å². The lowest BCUT2D eigenvalue weighted by atomic mass is 10.1. The van der Waals surface area contributed by atoms with Crippen molar-refractivity contribution in [1.82, 2.24) is 10.5 Å². The minimum Gasteiger partial charge on any atom is -0.496 e. The van der Waals surface area contributed by atoms with Crippen molar-refractivity contribution in [3.8, 4) is 17.1 Å². The van der Waals surface area contributed by atoms with Crippen molar-refractivity contribution in [2.75, 3.05) is 25.5 Å². The van der Waals surface area contributed by atoms with Crippen molar-refractivity contribution >= 4 is 17.3 Å². The van der Waals surface area contributed by atoms with Gasteiger partial charge in [0.25, 0.3) is 11.6 Å². The van der Waals surface area contributed by atoms with Crippen LogP contribution in [0.15, 0.2) is 59.1 Å². The topological polar surface area (TPSA) is 120 Å². The Balaban J connectivity index is 1.57.